The summed E-state index contributed by atoms with van der Waals surface area (Å²) in [6, 6.07) is 5.12. The summed E-state index contributed by atoms with van der Waals surface area (Å²) in [5, 5.41) is 10.4. The van der Waals surface area contributed by atoms with Crippen molar-refractivity contribution < 1.29 is 18.3 Å². The molecule has 0 aliphatic heterocycles. The van der Waals surface area contributed by atoms with E-state index in [0.29, 0.717) is 6.42 Å². The molecule has 4 heteroatoms. The monoisotopic (exact) mass is 286 g/mol. The maximum Gasteiger partial charge on any atom is 0.416 e. The van der Waals surface area contributed by atoms with Gasteiger partial charge in [0, 0.05) is 0 Å². The van der Waals surface area contributed by atoms with Gasteiger partial charge in [0.1, 0.15) is 0 Å². The third kappa shape index (κ3) is 3.54. The van der Waals surface area contributed by atoms with E-state index >= 15 is 0 Å². The first kappa shape index (κ1) is 15.4. The summed E-state index contributed by atoms with van der Waals surface area (Å²) in [7, 11) is 0. The predicted octanol–water partition coefficient (Wildman–Crippen LogP) is 4.58. The highest BCUT2D eigenvalue weighted by Crippen LogP contribution is 2.40. The van der Waals surface area contributed by atoms with Gasteiger partial charge in [-0.3, -0.25) is 0 Å². The third-order valence-corrected chi connectivity index (χ3v) is 4.51. The van der Waals surface area contributed by atoms with Crippen molar-refractivity contribution in [3.63, 3.8) is 0 Å². The average Bonchev–Trinajstić information content (AvgIpc) is 2.39. The van der Waals surface area contributed by atoms with Crippen molar-refractivity contribution in [1.82, 2.24) is 0 Å². The van der Waals surface area contributed by atoms with Crippen LogP contribution in [-0.4, -0.2) is 11.2 Å². The molecule has 1 aromatic rings. The molecule has 112 valence electrons. The fourth-order valence-electron chi connectivity index (χ4n) is 2.99. The van der Waals surface area contributed by atoms with Crippen LogP contribution in [0.2, 0.25) is 0 Å². The van der Waals surface area contributed by atoms with Crippen LogP contribution in [0.4, 0.5) is 13.2 Å². The quantitative estimate of drug-likeness (QED) is 0.862. The van der Waals surface area contributed by atoms with Crippen LogP contribution >= 0.6 is 0 Å². The lowest BCUT2D eigenvalue weighted by atomic mass is 9.70. The zero-order chi connectivity index (χ0) is 14.8. The third-order valence-electron chi connectivity index (χ3n) is 4.51. The molecule has 0 spiro atoms. The molecule has 0 saturated heterocycles. The Kier molecular flexibility index (Phi) is 4.43. The van der Waals surface area contributed by atoms with E-state index in [0.717, 1.165) is 43.4 Å². The van der Waals surface area contributed by atoms with E-state index in [-0.39, 0.29) is 5.41 Å². The lowest BCUT2D eigenvalue weighted by Crippen LogP contribution is -2.35. The van der Waals surface area contributed by atoms with Crippen LogP contribution in [0.15, 0.2) is 24.3 Å². The fraction of sp³-hybridized carbons (Fsp3) is 0.625. The first-order valence-electron chi connectivity index (χ1n) is 7.15. The van der Waals surface area contributed by atoms with Gasteiger partial charge in [-0.15, -0.1) is 0 Å². The van der Waals surface area contributed by atoms with Crippen LogP contribution in [-0.2, 0) is 12.6 Å². The Bertz CT molecular complexity index is 430. The molecule has 1 aliphatic rings. The second kappa shape index (κ2) is 5.76. The van der Waals surface area contributed by atoms with Crippen LogP contribution in [0, 0.1) is 5.41 Å². The maximum absolute atomic E-state index is 12.5. The Balaban J connectivity index is 2.02. The molecule has 20 heavy (non-hydrogen) atoms. The normalized spacial score (nSPS) is 20.6. The van der Waals surface area contributed by atoms with Crippen molar-refractivity contribution in [3.05, 3.63) is 35.4 Å². The van der Waals surface area contributed by atoms with Crippen molar-refractivity contribution in [3.8, 4) is 0 Å². The van der Waals surface area contributed by atoms with Gasteiger partial charge in [0.25, 0.3) is 0 Å². The first-order valence-corrected chi connectivity index (χ1v) is 7.15. The van der Waals surface area contributed by atoms with E-state index in [1.54, 1.807) is 0 Å². The number of aliphatic hydroxyl groups is 1. The van der Waals surface area contributed by atoms with E-state index in [1.807, 2.05) is 0 Å². The Labute approximate surface area is 117 Å². The summed E-state index contributed by atoms with van der Waals surface area (Å²) in [5.74, 6) is 0. The summed E-state index contributed by atoms with van der Waals surface area (Å²) >= 11 is 0. The minimum atomic E-state index is -4.30. The van der Waals surface area contributed by atoms with Crippen LogP contribution in [0.5, 0.6) is 0 Å². The SMILES string of the molecule is CC1(C(O)Cc2ccc(C(F)(F)F)cc2)CCCCC1. The molecular formula is C16H21F3O. The molecule has 1 saturated carbocycles. The van der Waals surface area contributed by atoms with Gasteiger partial charge >= 0.3 is 6.18 Å². The Hall–Kier alpha value is -1.03. The number of alkyl halides is 3. The van der Waals surface area contributed by atoms with E-state index in [9.17, 15) is 18.3 Å². The zero-order valence-corrected chi connectivity index (χ0v) is 11.7. The molecule has 1 N–H and O–H groups in total. The molecule has 1 aliphatic carbocycles. The molecule has 2 rings (SSSR count). The van der Waals surface area contributed by atoms with Crippen molar-refractivity contribution in [2.45, 2.75) is 57.7 Å². The van der Waals surface area contributed by atoms with Crippen molar-refractivity contribution in [2.75, 3.05) is 0 Å². The number of halogens is 3. The number of aliphatic hydroxyl groups excluding tert-OH is 1. The van der Waals surface area contributed by atoms with E-state index in [4.69, 9.17) is 0 Å². The second-order valence-electron chi connectivity index (χ2n) is 6.13. The van der Waals surface area contributed by atoms with Crippen molar-refractivity contribution >= 4 is 0 Å². The van der Waals surface area contributed by atoms with Gasteiger partial charge < -0.3 is 5.11 Å². The molecule has 1 aromatic carbocycles. The molecular weight excluding hydrogens is 265 g/mol. The lowest BCUT2D eigenvalue weighted by molar-refractivity contribution is -0.137. The number of benzene rings is 1. The van der Waals surface area contributed by atoms with Crippen LogP contribution < -0.4 is 0 Å². The molecule has 0 amide bonds. The van der Waals surface area contributed by atoms with Crippen LogP contribution in [0.1, 0.15) is 50.2 Å². The molecule has 1 nitrogen and oxygen atoms in total. The Morgan fingerprint density at radius 3 is 2.15 bits per heavy atom. The smallest absolute Gasteiger partial charge is 0.392 e. The highest BCUT2D eigenvalue weighted by molar-refractivity contribution is 5.25. The van der Waals surface area contributed by atoms with Crippen molar-refractivity contribution in [2.24, 2.45) is 5.41 Å². The molecule has 0 heterocycles. The lowest BCUT2D eigenvalue weighted by Gasteiger charge is -2.38. The number of hydrogen-bond acceptors (Lipinski definition) is 1. The summed E-state index contributed by atoms with van der Waals surface area (Å²) < 4.78 is 37.5. The van der Waals surface area contributed by atoms with Gasteiger partial charge in [0.15, 0.2) is 0 Å². The molecule has 0 radical (unpaired) electrons. The zero-order valence-electron chi connectivity index (χ0n) is 11.7. The molecule has 1 atom stereocenters. The molecule has 0 bridgehead atoms. The van der Waals surface area contributed by atoms with Gasteiger partial charge in [0.05, 0.1) is 11.7 Å². The maximum atomic E-state index is 12.5. The molecule has 0 aromatic heterocycles. The molecule has 1 fully saturated rings. The van der Waals surface area contributed by atoms with Gasteiger partial charge in [0.2, 0.25) is 0 Å². The Morgan fingerprint density at radius 1 is 1.10 bits per heavy atom. The topological polar surface area (TPSA) is 20.2 Å². The van der Waals surface area contributed by atoms with E-state index in [2.05, 4.69) is 6.92 Å². The van der Waals surface area contributed by atoms with Gasteiger partial charge in [-0.2, -0.15) is 13.2 Å². The minimum absolute atomic E-state index is 0.0963. The summed E-state index contributed by atoms with van der Waals surface area (Å²) in [4.78, 5) is 0. The predicted molar refractivity (Wildman–Crippen MR) is 72.3 cm³/mol. The van der Waals surface area contributed by atoms with Crippen molar-refractivity contribution in [1.29, 1.82) is 0 Å². The highest BCUT2D eigenvalue weighted by Gasteiger charge is 2.34. The van der Waals surface area contributed by atoms with Gasteiger partial charge in [-0.05, 0) is 42.4 Å². The van der Waals surface area contributed by atoms with Gasteiger partial charge in [-0.25, -0.2) is 0 Å². The largest absolute Gasteiger partial charge is 0.416 e. The fourth-order valence-corrected chi connectivity index (χ4v) is 2.99. The summed E-state index contributed by atoms with van der Waals surface area (Å²) in [6.45, 7) is 2.08. The molecule has 1 unspecified atom stereocenters. The van der Waals surface area contributed by atoms with E-state index in [1.165, 1.54) is 18.6 Å². The number of hydrogen-bond donors (Lipinski definition) is 1. The van der Waals surface area contributed by atoms with Crippen LogP contribution in [0.25, 0.3) is 0 Å². The average molecular weight is 286 g/mol. The Morgan fingerprint density at radius 2 is 1.65 bits per heavy atom. The standard InChI is InChI=1S/C16H21F3O/c1-15(9-3-2-4-10-15)14(20)11-12-5-7-13(8-6-12)16(17,18)19/h5-8,14,20H,2-4,9-11H2,1H3. The summed E-state index contributed by atoms with van der Waals surface area (Å²) in [5.41, 5.74) is 0.0259. The first-order chi connectivity index (χ1) is 9.31. The second-order valence-corrected chi connectivity index (χ2v) is 6.13. The number of rotatable bonds is 3. The van der Waals surface area contributed by atoms with E-state index < -0.39 is 17.8 Å². The minimum Gasteiger partial charge on any atom is -0.392 e. The van der Waals surface area contributed by atoms with Gasteiger partial charge in [-0.1, -0.05) is 38.3 Å². The van der Waals surface area contributed by atoms with Crippen LogP contribution in [0.3, 0.4) is 0 Å². The highest BCUT2D eigenvalue weighted by atomic mass is 19.4. The summed E-state index contributed by atoms with van der Waals surface area (Å²) in [6.07, 6.45) is 1.09.